The number of carbonyl (C=O) groups is 1. The minimum absolute atomic E-state index is 0.447. The van der Waals surface area contributed by atoms with Crippen LogP contribution in [0.25, 0.3) is 10.9 Å². The number of pyridine rings is 1. The van der Waals surface area contributed by atoms with E-state index >= 15 is 0 Å². The highest BCUT2D eigenvalue weighted by atomic mass is 16.5. The first kappa shape index (κ1) is 11.5. The van der Waals surface area contributed by atoms with Crippen molar-refractivity contribution in [2.24, 2.45) is 0 Å². The number of aldehydes is 1. The van der Waals surface area contributed by atoms with Gasteiger partial charge in [0.15, 0.2) is 6.29 Å². The molecule has 2 rings (SSSR count). The Bertz CT molecular complexity index is 520. The van der Waals surface area contributed by atoms with Crippen molar-refractivity contribution in [3.63, 3.8) is 0 Å². The van der Waals surface area contributed by atoms with E-state index in [9.17, 15) is 4.79 Å². The van der Waals surface area contributed by atoms with Crippen molar-refractivity contribution in [2.75, 3.05) is 20.3 Å². The minimum Gasteiger partial charge on any atom is -0.490 e. The molecule has 0 fully saturated rings. The summed E-state index contributed by atoms with van der Waals surface area (Å²) in [5.41, 5.74) is 1.34. The molecule has 4 nitrogen and oxygen atoms in total. The van der Waals surface area contributed by atoms with E-state index in [4.69, 9.17) is 9.47 Å². The van der Waals surface area contributed by atoms with Crippen LogP contribution in [0.5, 0.6) is 5.75 Å². The molecular formula is C13H13NO3. The molecule has 0 aliphatic heterocycles. The number of fused-ring (bicyclic) bond motifs is 1. The van der Waals surface area contributed by atoms with Gasteiger partial charge in [0, 0.05) is 18.9 Å². The molecule has 0 bridgehead atoms. The first-order valence-corrected chi connectivity index (χ1v) is 5.31. The maximum Gasteiger partial charge on any atom is 0.150 e. The Morgan fingerprint density at radius 3 is 2.94 bits per heavy atom. The smallest absolute Gasteiger partial charge is 0.150 e. The predicted molar refractivity (Wildman–Crippen MR) is 64.5 cm³/mol. The number of ether oxygens (including phenoxy) is 2. The summed E-state index contributed by atoms with van der Waals surface area (Å²) in [6.07, 6.45) is 2.43. The highest BCUT2D eigenvalue weighted by Crippen LogP contribution is 2.26. The molecule has 0 radical (unpaired) electrons. The van der Waals surface area contributed by atoms with Gasteiger partial charge >= 0.3 is 0 Å². The van der Waals surface area contributed by atoms with E-state index in [-0.39, 0.29) is 0 Å². The molecule has 2 aromatic rings. The molecule has 88 valence electrons. The molecule has 0 saturated heterocycles. The third-order valence-corrected chi connectivity index (χ3v) is 2.43. The first-order chi connectivity index (χ1) is 8.36. The van der Waals surface area contributed by atoms with E-state index in [0.29, 0.717) is 24.5 Å². The van der Waals surface area contributed by atoms with E-state index in [2.05, 4.69) is 4.98 Å². The summed E-state index contributed by atoms with van der Waals surface area (Å²) in [7, 11) is 1.62. The van der Waals surface area contributed by atoms with Crippen LogP contribution in [-0.4, -0.2) is 31.6 Å². The topological polar surface area (TPSA) is 48.4 Å². The van der Waals surface area contributed by atoms with Crippen molar-refractivity contribution < 1.29 is 14.3 Å². The van der Waals surface area contributed by atoms with Crippen LogP contribution in [0.3, 0.4) is 0 Å². The van der Waals surface area contributed by atoms with Gasteiger partial charge in [-0.3, -0.25) is 9.78 Å². The molecule has 0 unspecified atom stereocenters. The SMILES string of the molecule is COCCOc1cccc2nccc(C=O)c12. The summed E-state index contributed by atoms with van der Waals surface area (Å²) in [5, 5.41) is 0.751. The van der Waals surface area contributed by atoms with Crippen molar-refractivity contribution in [2.45, 2.75) is 0 Å². The van der Waals surface area contributed by atoms with E-state index in [0.717, 1.165) is 17.2 Å². The van der Waals surface area contributed by atoms with Crippen molar-refractivity contribution >= 4 is 17.2 Å². The lowest BCUT2D eigenvalue weighted by Gasteiger charge is -2.09. The Hall–Kier alpha value is -1.94. The third-order valence-electron chi connectivity index (χ3n) is 2.43. The van der Waals surface area contributed by atoms with Crippen LogP contribution in [0.4, 0.5) is 0 Å². The fourth-order valence-electron chi connectivity index (χ4n) is 1.65. The number of hydrogen-bond donors (Lipinski definition) is 0. The van der Waals surface area contributed by atoms with Crippen LogP contribution in [0.2, 0.25) is 0 Å². The standard InChI is InChI=1S/C13H13NO3/c1-16-7-8-17-12-4-2-3-11-13(12)10(9-15)5-6-14-11/h2-6,9H,7-8H2,1H3. The molecule has 4 heteroatoms. The Kier molecular flexibility index (Phi) is 3.67. The normalized spacial score (nSPS) is 10.4. The van der Waals surface area contributed by atoms with Gasteiger partial charge in [-0.05, 0) is 18.2 Å². The zero-order valence-electron chi connectivity index (χ0n) is 9.55. The lowest BCUT2D eigenvalue weighted by Crippen LogP contribution is -2.05. The van der Waals surface area contributed by atoms with Gasteiger partial charge in [0.05, 0.1) is 17.5 Å². The molecular weight excluding hydrogens is 218 g/mol. The van der Waals surface area contributed by atoms with Crippen LogP contribution in [-0.2, 0) is 4.74 Å². The van der Waals surface area contributed by atoms with Gasteiger partial charge in [-0.2, -0.15) is 0 Å². The van der Waals surface area contributed by atoms with Gasteiger partial charge in [0.25, 0.3) is 0 Å². The fraction of sp³-hybridized carbons (Fsp3) is 0.231. The lowest BCUT2D eigenvalue weighted by molar-refractivity contribution is 0.112. The molecule has 0 saturated carbocycles. The fourth-order valence-corrected chi connectivity index (χ4v) is 1.65. The number of hydrogen-bond acceptors (Lipinski definition) is 4. The van der Waals surface area contributed by atoms with Crippen LogP contribution in [0.1, 0.15) is 10.4 Å². The molecule has 0 aliphatic rings. The largest absolute Gasteiger partial charge is 0.490 e. The van der Waals surface area contributed by atoms with Gasteiger partial charge in [-0.1, -0.05) is 6.07 Å². The van der Waals surface area contributed by atoms with Crippen molar-refractivity contribution in [1.82, 2.24) is 4.98 Å². The van der Waals surface area contributed by atoms with Gasteiger partial charge < -0.3 is 9.47 Å². The van der Waals surface area contributed by atoms with Gasteiger partial charge in [0.2, 0.25) is 0 Å². The number of aromatic nitrogens is 1. The monoisotopic (exact) mass is 231 g/mol. The summed E-state index contributed by atoms with van der Waals surface area (Å²) < 4.78 is 10.5. The average Bonchev–Trinajstić information content (AvgIpc) is 2.38. The molecule has 0 aliphatic carbocycles. The van der Waals surface area contributed by atoms with Gasteiger partial charge in [-0.25, -0.2) is 0 Å². The maximum atomic E-state index is 11.0. The first-order valence-electron chi connectivity index (χ1n) is 5.31. The minimum atomic E-state index is 0.447. The maximum absolute atomic E-state index is 11.0. The predicted octanol–water partition coefficient (Wildman–Crippen LogP) is 2.07. The van der Waals surface area contributed by atoms with Crippen LogP contribution < -0.4 is 4.74 Å². The van der Waals surface area contributed by atoms with Gasteiger partial charge in [0.1, 0.15) is 12.4 Å². The molecule has 0 atom stereocenters. The molecule has 1 heterocycles. The molecule has 17 heavy (non-hydrogen) atoms. The molecule has 1 aromatic heterocycles. The average molecular weight is 231 g/mol. The number of rotatable bonds is 5. The highest BCUT2D eigenvalue weighted by molar-refractivity contribution is 5.99. The molecule has 0 N–H and O–H groups in total. The summed E-state index contributed by atoms with van der Waals surface area (Å²) >= 11 is 0. The van der Waals surface area contributed by atoms with Crippen molar-refractivity contribution in [1.29, 1.82) is 0 Å². The Labute approximate surface area is 99.2 Å². The lowest BCUT2D eigenvalue weighted by atomic mass is 10.1. The zero-order chi connectivity index (χ0) is 12.1. The van der Waals surface area contributed by atoms with E-state index in [1.807, 2.05) is 18.2 Å². The van der Waals surface area contributed by atoms with Crippen molar-refractivity contribution in [3.8, 4) is 5.75 Å². The highest BCUT2D eigenvalue weighted by Gasteiger charge is 2.07. The van der Waals surface area contributed by atoms with Crippen LogP contribution in [0, 0.1) is 0 Å². The second-order valence-corrected chi connectivity index (χ2v) is 3.51. The molecule has 0 spiro atoms. The third kappa shape index (κ3) is 2.42. The van der Waals surface area contributed by atoms with Crippen LogP contribution >= 0.6 is 0 Å². The van der Waals surface area contributed by atoms with Gasteiger partial charge in [-0.15, -0.1) is 0 Å². The molecule has 0 amide bonds. The Balaban J connectivity index is 2.43. The Morgan fingerprint density at radius 2 is 2.18 bits per heavy atom. The molecule has 1 aromatic carbocycles. The van der Waals surface area contributed by atoms with E-state index in [1.54, 1.807) is 19.4 Å². The van der Waals surface area contributed by atoms with Crippen LogP contribution in [0.15, 0.2) is 30.5 Å². The number of methoxy groups -OCH3 is 1. The van der Waals surface area contributed by atoms with E-state index < -0.39 is 0 Å². The summed E-state index contributed by atoms with van der Waals surface area (Å²) in [4.78, 5) is 15.2. The number of carbonyl (C=O) groups excluding carboxylic acids is 1. The summed E-state index contributed by atoms with van der Waals surface area (Å²) in [5.74, 6) is 0.662. The van der Waals surface area contributed by atoms with Crippen molar-refractivity contribution in [3.05, 3.63) is 36.0 Å². The second-order valence-electron chi connectivity index (χ2n) is 3.51. The number of nitrogens with zero attached hydrogens (tertiary/aromatic N) is 1. The Morgan fingerprint density at radius 1 is 1.29 bits per heavy atom. The summed E-state index contributed by atoms with van der Waals surface area (Å²) in [6.45, 7) is 0.954. The van der Waals surface area contributed by atoms with E-state index in [1.165, 1.54) is 0 Å². The summed E-state index contributed by atoms with van der Waals surface area (Å²) in [6, 6.07) is 7.21. The number of benzene rings is 1. The second kappa shape index (κ2) is 5.41. The quantitative estimate of drug-likeness (QED) is 0.584. The zero-order valence-corrected chi connectivity index (χ0v) is 9.55.